The molecule has 8 nitrogen and oxygen atoms in total. The van der Waals surface area contributed by atoms with Crippen LogP contribution in [-0.4, -0.2) is 45.9 Å². The van der Waals surface area contributed by atoms with Gasteiger partial charge >= 0.3 is 5.97 Å². The van der Waals surface area contributed by atoms with Gasteiger partial charge in [-0.3, -0.25) is 14.4 Å². The third-order valence-electron chi connectivity index (χ3n) is 4.25. The van der Waals surface area contributed by atoms with Gasteiger partial charge in [0, 0.05) is 13.1 Å². The lowest BCUT2D eigenvalue weighted by Crippen LogP contribution is -2.42. The van der Waals surface area contributed by atoms with Crippen molar-refractivity contribution in [2.45, 2.75) is 38.6 Å². The van der Waals surface area contributed by atoms with Crippen molar-refractivity contribution in [1.29, 1.82) is 0 Å². The van der Waals surface area contributed by atoms with Gasteiger partial charge < -0.3 is 20.7 Å². The minimum Gasteiger partial charge on any atom is -0.481 e. The van der Waals surface area contributed by atoms with Crippen molar-refractivity contribution in [3.8, 4) is 0 Å². The quantitative estimate of drug-likeness (QED) is 0.646. The van der Waals surface area contributed by atoms with Crippen LogP contribution in [0.3, 0.4) is 0 Å². The monoisotopic (exact) mass is 308 g/mol. The van der Waals surface area contributed by atoms with Gasteiger partial charge in [0.2, 0.25) is 0 Å². The molecule has 0 aliphatic heterocycles. The van der Waals surface area contributed by atoms with Crippen molar-refractivity contribution >= 4 is 17.8 Å². The smallest absolute Gasteiger partial charge is 0.309 e. The molecule has 2 amide bonds. The Morgan fingerprint density at radius 2 is 1.95 bits per heavy atom. The molecular weight excluding hydrogens is 288 g/mol. The number of carboxylic acids is 1. The molecule has 120 valence electrons. The lowest BCUT2D eigenvalue weighted by molar-refractivity contribution is -0.149. The number of H-pyrrole nitrogens is 1. The zero-order valence-electron chi connectivity index (χ0n) is 12.6. The number of hydrogen-bond donors (Lipinski definition) is 4. The number of nitrogens with one attached hydrogen (secondary N) is 3. The first-order valence-corrected chi connectivity index (χ1v) is 7.17. The summed E-state index contributed by atoms with van der Waals surface area (Å²) in [6.45, 7) is 1.73. The third-order valence-corrected chi connectivity index (χ3v) is 4.25. The summed E-state index contributed by atoms with van der Waals surface area (Å²) < 4.78 is 0. The molecule has 1 aromatic heterocycles. The molecule has 4 N–H and O–H groups in total. The Labute approximate surface area is 127 Å². The molecule has 1 aromatic rings. The molecule has 0 aromatic carbocycles. The SMILES string of the molecule is CNC(=O)c1[nH]cnc1C(=O)NC1CCC(C)(C(=O)O)CC1. The van der Waals surface area contributed by atoms with E-state index in [4.69, 9.17) is 0 Å². The Morgan fingerprint density at radius 3 is 2.50 bits per heavy atom. The number of aromatic nitrogens is 2. The highest BCUT2D eigenvalue weighted by molar-refractivity contribution is 6.04. The predicted octanol–water partition coefficient (Wildman–Crippen LogP) is 0.533. The topological polar surface area (TPSA) is 124 Å². The van der Waals surface area contributed by atoms with Crippen molar-refractivity contribution in [3.63, 3.8) is 0 Å². The number of aromatic amines is 1. The van der Waals surface area contributed by atoms with Crippen LogP contribution in [0.25, 0.3) is 0 Å². The minimum absolute atomic E-state index is 0.0471. The molecule has 1 aliphatic carbocycles. The van der Waals surface area contributed by atoms with Gasteiger partial charge in [0.25, 0.3) is 11.8 Å². The maximum Gasteiger partial charge on any atom is 0.309 e. The Hall–Kier alpha value is -2.38. The summed E-state index contributed by atoms with van der Waals surface area (Å²) in [7, 11) is 1.47. The fraction of sp³-hybridized carbons (Fsp3) is 0.571. The van der Waals surface area contributed by atoms with Crippen molar-refractivity contribution in [2.24, 2.45) is 5.41 Å². The molecule has 1 heterocycles. The van der Waals surface area contributed by atoms with Gasteiger partial charge in [-0.15, -0.1) is 0 Å². The van der Waals surface area contributed by atoms with Crippen LogP contribution in [0.2, 0.25) is 0 Å². The van der Waals surface area contributed by atoms with E-state index in [2.05, 4.69) is 20.6 Å². The molecule has 0 bridgehead atoms. The van der Waals surface area contributed by atoms with E-state index >= 15 is 0 Å². The second-order valence-electron chi connectivity index (χ2n) is 5.82. The minimum atomic E-state index is -0.800. The van der Waals surface area contributed by atoms with Crippen LogP contribution in [0.15, 0.2) is 6.33 Å². The summed E-state index contributed by atoms with van der Waals surface area (Å²) in [6, 6.07) is -0.103. The fourth-order valence-corrected chi connectivity index (χ4v) is 2.63. The average molecular weight is 308 g/mol. The summed E-state index contributed by atoms with van der Waals surface area (Å²) >= 11 is 0. The third kappa shape index (κ3) is 3.10. The molecule has 2 rings (SSSR count). The standard InChI is InChI=1S/C14H20N4O4/c1-14(13(21)22)5-3-8(4-6-14)18-12(20)10-9(11(19)15-2)16-7-17-10/h7-8H,3-6H2,1-2H3,(H,15,19)(H,16,17)(H,18,20)(H,21,22). The molecule has 0 unspecified atom stereocenters. The van der Waals surface area contributed by atoms with Crippen LogP contribution in [0.5, 0.6) is 0 Å². The van der Waals surface area contributed by atoms with Crippen LogP contribution >= 0.6 is 0 Å². The highest BCUT2D eigenvalue weighted by Crippen LogP contribution is 2.36. The highest BCUT2D eigenvalue weighted by atomic mass is 16.4. The lowest BCUT2D eigenvalue weighted by atomic mass is 9.74. The van der Waals surface area contributed by atoms with E-state index < -0.39 is 23.2 Å². The molecule has 1 aliphatic rings. The maximum atomic E-state index is 12.2. The van der Waals surface area contributed by atoms with Gasteiger partial charge in [-0.2, -0.15) is 0 Å². The largest absolute Gasteiger partial charge is 0.481 e. The zero-order chi connectivity index (χ0) is 16.3. The fourth-order valence-electron chi connectivity index (χ4n) is 2.63. The van der Waals surface area contributed by atoms with Crippen LogP contribution in [0.4, 0.5) is 0 Å². The van der Waals surface area contributed by atoms with Crippen molar-refractivity contribution in [2.75, 3.05) is 7.05 Å². The van der Waals surface area contributed by atoms with Gasteiger partial charge in [-0.1, -0.05) is 0 Å². The summed E-state index contributed by atoms with van der Waals surface area (Å²) in [5.74, 6) is -1.64. The molecule has 0 spiro atoms. The number of aliphatic carboxylic acids is 1. The Balaban J connectivity index is 1.98. The van der Waals surface area contributed by atoms with E-state index in [0.717, 1.165) is 0 Å². The van der Waals surface area contributed by atoms with Crippen molar-refractivity contribution in [3.05, 3.63) is 17.7 Å². The second kappa shape index (κ2) is 6.17. The predicted molar refractivity (Wildman–Crippen MR) is 77.4 cm³/mol. The molecular formula is C14H20N4O4. The number of rotatable bonds is 4. The first-order chi connectivity index (χ1) is 10.4. The molecule has 0 atom stereocenters. The van der Waals surface area contributed by atoms with Crippen molar-refractivity contribution in [1.82, 2.24) is 20.6 Å². The molecule has 1 fully saturated rings. The van der Waals surface area contributed by atoms with Crippen LogP contribution in [-0.2, 0) is 4.79 Å². The zero-order valence-corrected chi connectivity index (χ0v) is 12.6. The lowest BCUT2D eigenvalue weighted by Gasteiger charge is -2.34. The van der Waals surface area contributed by atoms with Gasteiger partial charge in [-0.05, 0) is 32.6 Å². The molecule has 0 radical (unpaired) electrons. The molecule has 8 heteroatoms. The number of amides is 2. The Morgan fingerprint density at radius 1 is 1.32 bits per heavy atom. The van der Waals surface area contributed by atoms with Gasteiger partial charge in [0.1, 0.15) is 5.69 Å². The number of carbonyl (C=O) groups excluding carboxylic acids is 2. The summed E-state index contributed by atoms with van der Waals surface area (Å²) in [5, 5.41) is 14.5. The number of nitrogens with zero attached hydrogens (tertiary/aromatic N) is 1. The van der Waals surface area contributed by atoms with Crippen molar-refractivity contribution < 1.29 is 19.5 Å². The van der Waals surface area contributed by atoms with Gasteiger partial charge in [0.15, 0.2) is 5.69 Å². The number of carboxylic acid groups (broad SMARTS) is 1. The molecule has 1 saturated carbocycles. The number of carbonyl (C=O) groups is 3. The summed E-state index contributed by atoms with van der Waals surface area (Å²) in [5.41, 5.74) is -0.557. The van der Waals surface area contributed by atoms with Gasteiger partial charge in [0.05, 0.1) is 11.7 Å². The van der Waals surface area contributed by atoms with E-state index in [0.29, 0.717) is 25.7 Å². The van der Waals surface area contributed by atoms with E-state index in [1.165, 1.54) is 13.4 Å². The number of hydrogen-bond acceptors (Lipinski definition) is 4. The first kappa shape index (κ1) is 16.0. The van der Waals surface area contributed by atoms with Crippen LogP contribution in [0.1, 0.15) is 53.6 Å². The Kier molecular flexibility index (Phi) is 4.48. The molecule has 22 heavy (non-hydrogen) atoms. The Bertz CT molecular complexity index is 587. The summed E-state index contributed by atoms with van der Waals surface area (Å²) in [4.78, 5) is 41.6. The van der Waals surface area contributed by atoms with E-state index in [1.807, 2.05) is 0 Å². The normalized spacial score (nSPS) is 24.5. The van der Waals surface area contributed by atoms with E-state index in [9.17, 15) is 19.5 Å². The van der Waals surface area contributed by atoms with Gasteiger partial charge in [-0.25, -0.2) is 4.98 Å². The van der Waals surface area contributed by atoms with Crippen LogP contribution < -0.4 is 10.6 Å². The summed E-state index contributed by atoms with van der Waals surface area (Å²) in [6.07, 6.45) is 3.50. The average Bonchev–Trinajstić information content (AvgIpc) is 2.98. The van der Waals surface area contributed by atoms with Crippen LogP contribution in [0, 0.1) is 5.41 Å². The van der Waals surface area contributed by atoms with E-state index in [1.54, 1.807) is 6.92 Å². The first-order valence-electron chi connectivity index (χ1n) is 7.17. The maximum absolute atomic E-state index is 12.2. The van der Waals surface area contributed by atoms with E-state index in [-0.39, 0.29) is 17.4 Å². The highest BCUT2D eigenvalue weighted by Gasteiger charge is 2.38. The second-order valence-corrected chi connectivity index (χ2v) is 5.82. The molecule has 0 saturated heterocycles. The number of imidazole rings is 1.